The number of ether oxygens (including phenoxy) is 1. The Balaban J connectivity index is 1.44. The van der Waals surface area contributed by atoms with Gasteiger partial charge in [-0.2, -0.15) is 0 Å². The van der Waals surface area contributed by atoms with Gasteiger partial charge in [0.25, 0.3) is 11.1 Å². The number of carbonyl (C=O) groups excluding carboxylic acids is 3. The molecule has 6 heteroatoms. The van der Waals surface area contributed by atoms with E-state index in [9.17, 15) is 14.4 Å². The fourth-order valence-electron chi connectivity index (χ4n) is 3.23. The zero-order valence-corrected chi connectivity index (χ0v) is 18.5. The van der Waals surface area contributed by atoms with Crippen molar-refractivity contribution in [1.82, 2.24) is 4.90 Å². The highest BCUT2D eigenvalue weighted by molar-refractivity contribution is 8.18. The summed E-state index contributed by atoms with van der Waals surface area (Å²) >= 11 is 0.928. The SMILES string of the molecule is Cc1ccc(C(=O)Oc2ccc(/C=C3\SC(=O)N(Cc4ccccc4C)C3=O)cc2)cc1. The molecule has 0 aromatic heterocycles. The Bertz CT molecular complexity index is 1210. The normalized spacial score (nSPS) is 14.8. The van der Waals surface area contributed by atoms with Crippen molar-refractivity contribution in [2.75, 3.05) is 0 Å². The summed E-state index contributed by atoms with van der Waals surface area (Å²) < 4.78 is 5.40. The zero-order chi connectivity index (χ0) is 22.7. The molecule has 0 saturated carbocycles. The summed E-state index contributed by atoms with van der Waals surface area (Å²) in [7, 11) is 0. The van der Waals surface area contributed by atoms with Gasteiger partial charge >= 0.3 is 5.97 Å². The van der Waals surface area contributed by atoms with Gasteiger partial charge in [0.15, 0.2) is 0 Å². The quantitative estimate of drug-likeness (QED) is 0.285. The van der Waals surface area contributed by atoms with Crippen molar-refractivity contribution < 1.29 is 19.1 Å². The van der Waals surface area contributed by atoms with Gasteiger partial charge < -0.3 is 4.74 Å². The lowest BCUT2D eigenvalue weighted by Gasteiger charge is -2.14. The number of thioether (sulfide) groups is 1. The number of hydrogen-bond donors (Lipinski definition) is 0. The first-order valence-electron chi connectivity index (χ1n) is 10.1. The summed E-state index contributed by atoms with van der Waals surface area (Å²) in [5, 5.41) is -0.284. The van der Waals surface area contributed by atoms with Crippen LogP contribution in [-0.2, 0) is 11.3 Å². The summed E-state index contributed by atoms with van der Waals surface area (Å²) in [5.41, 5.74) is 4.25. The molecule has 2 amide bonds. The molecule has 160 valence electrons. The van der Waals surface area contributed by atoms with Crippen LogP contribution in [0.2, 0.25) is 0 Å². The minimum atomic E-state index is -0.435. The Kier molecular flexibility index (Phi) is 6.23. The minimum Gasteiger partial charge on any atom is -0.423 e. The van der Waals surface area contributed by atoms with Crippen LogP contribution in [0.25, 0.3) is 6.08 Å². The largest absolute Gasteiger partial charge is 0.423 e. The van der Waals surface area contributed by atoms with Gasteiger partial charge in [0, 0.05) is 0 Å². The Labute approximate surface area is 190 Å². The van der Waals surface area contributed by atoms with Crippen LogP contribution in [0.3, 0.4) is 0 Å². The topological polar surface area (TPSA) is 63.7 Å². The second-order valence-corrected chi connectivity index (χ2v) is 8.51. The lowest BCUT2D eigenvalue weighted by Crippen LogP contribution is -2.27. The van der Waals surface area contributed by atoms with Crippen molar-refractivity contribution in [2.24, 2.45) is 0 Å². The van der Waals surface area contributed by atoms with Crippen molar-refractivity contribution in [3.8, 4) is 5.75 Å². The third kappa shape index (κ3) is 4.81. The van der Waals surface area contributed by atoms with Crippen LogP contribution in [-0.4, -0.2) is 22.0 Å². The molecule has 1 aliphatic rings. The molecule has 5 nitrogen and oxygen atoms in total. The van der Waals surface area contributed by atoms with Crippen LogP contribution in [0.5, 0.6) is 5.75 Å². The summed E-state index contributed by atoms with van der Waals surface area (Å²) in [5.74, 6) is -0.339. The molecule has 3 aromatic rings. The van der Waals surface area contributed by atoms with Gasteiger partial charge in [0.2, 0.25) is 0 Å². The maximum absolute atomic E-state index is 12.8. The number of carbonyl (C=O) groups is 3. The van der Waals surface area contributed by atoms with E-state index in [2.05, 4.69) is 0 Å². The third-order valence-corrected chi connectivity index (χ3v) is 6.05. The van der Waals surface area contributed by atoms with Crippen molar-refractivity contribution in [3.05, 3.63) is 106 Å². The van der Waals surface area contributed by atoms with Crippen LogP contribution in [0.4, 0.5) is 4.79 Å². The maximum Gasteiger partial charge on any atom is 0.343 e. The van der Waals surface area contributed by atoms with Gasteiger partial charge in [-0.25, -0.2) is 4.79 Å². The van der Waals surface area contributed by atoms with E-state index in [1.165, 1.54) is 4.90 Å². The average Bonchev–Trinajstić information content (AvgIpc) is 3.04. The van der Waals surface area contributed by atoms with E-state index >= 15 is 0 Å². The Morgan fingerprint density at radius 1 is 0.938 bits per heavy atom. The first-order chi connectivity index (χ1) is 15.4. The Hall–Kier alpha value is -3.64. The monoisotopic (exact) mass is 443 g/mol. The molecule has 0 N–H and O–H groups in total. The number of rotatable bonds is 5. The van der Waals surface area contributed by atoms with Crippen LogP contribution < -0.4 is 4.74 Å². The molecule has 0 bridgehead atoms. The molecule has 1 aliphatic heterocycles. The van der Waals surface area contributed by atoms with Crippen LogP contribution >= 0.6 is 11.8 Å². The van der Waals surface area contributed by atoms with Crippen LogP contribution in [0, 0.1) is 13.8 Å². The third-order valence-electron chi connectivity index (χ3n) is 5.14. The van der Waals surface area contributed by atoms with Crippen LogP contribution in [0.1, 0.15) is 32.6 Å². The molecule has 0 aliphatic carbocycles. The van der Waals surface area contributed by atoms with Crippen molar-refractivity contribution in [3.63, 3.8) is 0 Å². The van der Waals surface area contributed by atoms with E-state index in [4.69, 9.17) is 4.74 Å². The second kappa shape index (κ2) is 9.24. The van der Waals surface area contributed by atoms with E-state index < -0.39 is 5.97 Å². The predicted octanol–water partition coefficient (Wildman–Crippen LogP) is 5.76. The number of hydrogen-bond acceptors (Lipinski definition) is 5. The fourth-order valence-corrected chi connectivity index (χ4v) is 4.07. The molecule has 0 atom stereocenters. The maximum atomic E-state index is 12.8. The Morgan fingerprint density at radius 2 is 1.62 bits per heavy atom. The lowest BCUT2D eigenvalue weighted by molar-refractivity contribution is -0.123. The summed E-state index contributed by atoms with van der Waals surface area (Å²) in [4.78, 5) is 39.1. The van der Waals surface area contributed by atoms with Gasteiger partial charge in [-0.1, -0.05) is 54.1 Å². The van der Waals surface area contributed by atoms with Crippen LogP contribution in [0.15, 0.2) is 77.7 Å². The number of benzene rings is 3. The molecule has 32 heavy (non-hydrogen) atoms. The fraction of sp³-hybridized carbons (Fsp3) is 0.115. The van der Waals surface area contributed by atoms with Gasteiger partial charge in [0.05, 0.1) is 17.0 Å². The van der Waals surface area contributed by atoms with Gasteiger partial charge in [-0.3, -0.25) is 14.5 Å². The highest BCUT2D eigenvalue weighted by Gasteiger charge is 2.35. The van der Waals surface area contributed by atoms with Crippen molar-refractivity contribution >= 4 is 35.0 Å². The molecular weight excluding hydrogens is 422 g/mol. The molecular formula is C26H21NO4S. The highest BCUT2D eigenvalue weighted by atomic mass is 32.2. The zero-order valence-electron chi connectivity index (χ0n) is 17.7. The number of imide groups is 1. The summed E-state index contributed by atoms with van der Waals surface area (Å²) in [6, 6.07) is 21.6. The molecule has 1 fully saturated rings. The lowest BCUT2D eigenvalue weighted by atomic mass is 10.1. The molecule has 1 heterocycles. The van der Waals surface area contributed by atoms with Gasteiger partial charge in [-0.05, 0) is 72.6 Å². The average molecular weight is 444 g/mol. The minimum absolute atomic E-state index is 0.253. The summed E-state index contributed by atoms with van der Waals surface area (Å²) in [6.07, 6.45) is 1.67. The number of amides is 2. The second-order valence-electron chi connectivity index (χ2n) is 7.52. The number of aryl methyl sites for hydroxylation is 2. The number of esters is 1. The standard InChI is InChI=1S/C26H21NO4S/c1-17-7-11-20(12-8-17)25(29)31-22-13-9-19(10-14-22)15-23-24(28)27(26(30)32-23)16-21-6-4-3-5-18(21)2/h3-15H,16H2,1-2H3/b23-15-. The van der Waals surface area contributed by atoms with Crippen molar-refractivity contribution in [1.29, 1.82) is 0 Å². The molecule has 0 unspecified atom stereocenters. The number of nitrogens with zero attached hydrogens (tertiary/aromatic N) is 1. The molecule has 3 aromatic carbocycles. The molecule has 0 spiro atoms. The molecule has 0 radical (unpaired) electrons. The highest BCUT2D eigenvalue weighted by Crippen LogP contribution is 2.33. The van der Waals surface area contributed by atoms with E-state index in [1.54, 1.807) is 42.5 Å². The first kappa shape index (κ1) is 21.6. The van der Waals surface area contributed by atoms with Gasteiger partial charge in [0.1, 0.15) is 5.75 Å². The van der Waals surface area contributed by atoms with Crippen molar-refractivity contribution in [2.45, 2.75) is 20.4 Å². The predicted molar refractivity (Wildman–Crippen MR) is 125 cm³/mol. The van der Waals surface area contributed by atoms with E-state index in [0.717, 1.165) is 34.0 Å². The summed E-state index contributed by atoms with van der Waals surface area (Å²) in [6.45, 7) is 4.16. The van der Waals surface area contributed by atoms with Gasteiger partial charge in [-0.15, -0.1) is 0 Å². The Morgan fingerprint density at radius 3 is 2.31 bits per heavy atom. The molecule has 4 rings (SSSR count). The van der Waals surface area contributed by atoms with E-state index in [-0.39, 0.29) is 17.7 Å². The van der Waals surface area contributed by atoms with E-state index in [1.807, 2.05) is 50.2 Å². The first-order valence-corrected chi connectivity index (χ1v) is 10.9. The van der Waals surface area contributed by atoms with E-state index in [0.29, 0.717) is 16.2 Å². The molecule has 1 saturated heterocycles. The smallest absolute Gasteiger partial charge is 0.343 e.